The predicted molar refractivity (Wildman–Crippen MR) is 188 cm³/mol. The SMILES string of the molecule is O=C(Cc1ccc(-c2ccc(/C=C/c3ccc(-c4ccccc4)cc3)cc2)cc1)OCc1ccc(C(=O)C(=O)c2ccccc2)cc1. The van der Waals surface area contributed by atoms with Crippen LogP contribution in [0.1, 0.15) is 43.0 Å². The zero-order chi connectivity index (χ0) is 32.4. The molecule has 0 saturated carbocycles. The summed E-state index contributed by atoms with van der Waals surface area (Å²) < 4.78 is 5.46. The molecule has 0 bridgehead atoms. The number of Topliss-reactive ketones (excluding diaryl/α,β-unsaturated/α-hetero) is 2. The second-order valence-corrected chi connectivity index (χ2v) is 11.2. The van der Waals surface area contributed by atoms with Crippen molar-refractivity contribution in [3.8, 4) is 22.3 Å². The Balaban J connectivity index is 0.978. The van der Waals surface area contributed by atoms with Crippen molar-refractivity contribution in [2.75, 3.05) is 0 Å². The molecule has 0 atom stereocenters. The molecule has 47 heavy (non-hydrogen) atoms. The van der Waals surface area contributed by atoms with E-state index in [0.29, 0.717) is 11.1 Å². The standard InChI is InChI=1S/C43H32O4/c44-41(47-30-34-19-27-40(28-20-34)43(46)42(45)39-9-5-2-6-10-39)29-33-17-25-38(26-18-33)37-23-15-32(16-24-37)12-11-31-13-21-36(22-14-31)35-7-3-1-4-8-35/h1-28H,29-30H2/b12-11+. The lowest BCUT2D eigenvalue weighted by Crippen LogP contribution is -2.14. The molecule has 6 aromatic carbocycles. The van der Waals surface area contributed by atoms with E-state index in [-0.39, 0.29) is 19.0 Å². The zero-order valence-electron chi connectivity index (χ0n) is 25.7. The molecule has 0 aliphatic rings. The van der Waals surface area contributed by atoms with Gasteiger partial charge in [-0.15, -0.1) is 0 Å². The molecule has 6 aromatic rings. The maximum absolute atomic E-state index is 12.5. The first-order valence-electron chi connectivity index (χ1n) is 15.4. The van der Waals surface area contributed by atoms with Gasteiger partial charge in [0.1, 0.15) is 6.61 Å². The summed E-state index contributed by atoms with van der Waals surface area (Å²) >= 11 is 0. The first-order chi connectivity index (χ1) is 23.0. The van der Waals surface area contributed by atoms with Crippen LogP contribution in [-0.4, -0.2) is 17.5 Å². The van der Waals surface area contributed by atoms with Crippen LogP contribution in [0.25, 0.3) is 34.4 Å². The van der Waals surface area contributed by atoms with E-state index in [1.54, 1.807) is 54.6 Å². The molecule has 0 unspecified atom stereocenters. The van der Waals surface area contributed by atoms with Gasteiger partial charge in [0.2, 0.25) is 11.6 Å². The van der Waals surface area contributed by atoms with E-state index in [4.69, 9.17) is 4.74 Å². The summed E-state index contributed by atoms with van der Waals surface area (Å²) in [4.78, 5) is 37.5. The van der Waals surface area contributed by atoms with Gasteiger partial charge in [0.25, 0.3) is 0 Å². The molecular formula is C43H32O4. The minimum Gasteiger partial charge on any atom is -0.461 e. The molecule has 0 spiro atoms. The van der Waals surface area contributed by atoms with E-state index in [1.807, 2.05) is 42.5 Å². The van der Waals surface area contributed by atoms with Crippen LogP contribution in [0.2, 0.25) is 0 Å². The average Bonchev–Trinajstić information content (AvgIpc) is 3.14. The monoisotopic (exact) mass is 612 g/mol. The number of carbonyl (C=O) groups excluding carboxylic acids is 3. The lowest BCUT2D eigenvalue weighted by atomic mass is 10.0. The van der Waals surface area contributed by atoms with Crippen LogP contribution in [0.3, 0.4) is 0 Å². The van der Waals surface area contributed by atoms with Gasteiger partial charge < -0.3 is 4.74 Å². The molecule has 0 aliphatic heterocycles. The quantitative estimate of drug-likeness (QED) is 0.0633. The Kier molecular flexibility index (Phi) is 9.70. The molecule has 0 aromatic heterocycles. The normalized spacial score (nSPS) is 10.9. The van der Waals surface area contributed by atoms with E-state index < -0.39 is 11.6 Å². The van der Waals surface area contributed by atoms with Crippen LogP contribution < -0.4 is 0 Å². The van der Waals surface area contributed by atoms with Crippen LogP contribution in [0.4, 0.5) is 0 Å². The molecule has 4 nitrogen and oxygen atoms in total. The number of ether oxygens (including phenoxy) is 1. The Morgan fingerprint density at radius 1 is 0.426 bits per heavy atom. The molecule has 0 heterocycles. The molecule has 0 amide bonds. The minimum absolute atomic E-state index is 0.0812. The fourth-order valence-electron chi connectivity index (χ4n) is 5.20. The van der Waals surface area contributed by atoms with E-state index in [1.165, 1.54) is 11.1 Å². The van der Waals surface area contributed by atoms with Crippen molar-refractivity contribution >= 4 is 29.7 Å². The van der Waals surface area contributed by atoms with Gasteiger partial charge >= 0.3 is 5.97 Å². The third-order valence-electron chi connectivity index (χ3n) is 7.89. The third kappa shape index (κ3) is 8.13. The average molecular weight is 613 g/mol. The Bertz CT molecular complexity index is 1990. The first kappa shape index (κ1) is 30.9. The fraction of sp³-hybridized carbons (Fsp3) is 0.0465. The van der Waals surface area contributed by atoms with Crippen molar-refractivity contribution in [3.05, 3.63) is 191 Å². The number of benzene rings is 6. The largest absolute Gasteiger partial charge is 0.461 e. The summed E-state index contributed by atoms with van der Waals surface area (Å²) in [5.74, 6) is -1.47. The summed E-state index contributed by atoms with van der Waals surface area (Å²) in [5.41, 5.74) is 9.06. The van der Waals surface area contributed by atoms with Crippen LogP contribution in [0.5, 0.6) is 0 Å². The van der Waals surface area contributed by atoms with Crippen LogP contribution in [0, 0.1) is 0 Å². The molecule has 6 rings (SSSR count). The Hall–Kier alpha value is -6.13. The highest BCUT2D eigenvalue weighted by Gasteiger charge is 2.18. The maximum atomic E-state index is 12.5. The van der Waals surface area contributed by atoms with Crippen molar-refractivity contribution in [2.24, 2.45) is 0 Å². The molecule has 228 valence electrons. The molecule has 0 fully saturated rings. The smallest absolute Gasteiger partial charge is 0.310 e. The van der Waals surface area contributed by atoms with E-state index in [9.17, 15) is 14.4 Å². The number of carbonyl (C=O) groups is 3. The maximum Gasteiger partial charge on any atom is 0.310 e. The lowest BCUT2D eigenvalue weighted by Gasteiger charge is -2.07. The number of ketones is 2. The van der Waals surface area contributed by atoms with Gasteiger partial charge in [0.15, 0.2) is 0 Å². The van der Waals surface area contributed by atoms with Crippen LogP contribution in [-0.2, 0) is 22.6 Å². The molecule has 0 N–H and O–H groups in total. The Labute approximate surface area is 274 Å². The summed E-state index contributed by atoms with van der Waals surface area (Å²) in [6.45, 7) is 0.0812. The van der Waals surface area contributed by atoms with E-state index in [0.717, 1.165) is 33.4 Å². The first-order valence-corrected chi connectivity index (χ1v) is 15.4. The summed E-state index contributed by atoms with van der Waals surface area (Å²) in [5, 5.41) is 0. The Morgan fingerprint density at radius 2 is 0.830 bits per heavy atom. The third-order valence-corrected chi connectivity index (χ3v) is 7.89. The van der Waals surface area contributed by atoms with Gasteiger partial charge in [0.05, 0.1) is 6.42 Å². The number of hydrogen-bond donors (Lipinski definition) is 0. The van der Waals surface area contributed by atoms with Crippen molar-refractivity contribution in [2.45, 2.75) is 13.0 Å². The number of rotatable bonds is 11. The van der Waals surface area contributed by atoms with E-state index in [2.05, 4.69) is 72.8 Å². The van der Waals surface area contributed by atoms with E-state index >= 15 is 0 Å². The van der Waals surface area contributed by atoms with Gasteiger partial charge in [-0.1, -0.05) is 170 Å². The summed E-state index contributed by atoms with van der Waals surface area (Å²) in [6, 6.07) is 50.2. The van der Waals surface area contributed by atoms with Crippen molar-refractivity contribution in [1.82, 2.24) is 0 Å². The lowest BCUT2D eigenvalue weighted by molar-refractivity contribution is -0.144. The predicted octanol–water partition coefficient (Wildman–Crippen LogP) is 9.54. The minimum atomic E-state index is -0.572. The summed E-state index contributed by atoms with van der Waals surface area (Å²) in [6.07, 6.45) is 4.37. The molecule has 0 radical (unpaired) electrons. The highest BCUT2D eigenvalue weighted by Crippen LogP contribution is 2.23. The topological polar surface area (TPSA) is 60.4 Å². The van der Waals surface area contributed by atoms with Crippen molar-refractivity contribution in [1.29, 1.82) is 0 Å². The molecule has 0 saturated heterocycles. The molecule has 0 aliphatic carbocycles. The van der Waals surface area contributed by atoms with Gasteiger partial charge in [-0.25, -0.2) is 0 Å². The Morgan fingerprint density at radius 3 is 1.34 bits per heavy atom. The summed E-state index contributed by atoms with van der Waals surface area (Å²) in [7, 11) is 0. The van der Waals surface area contributed by atoms with Gasteiger partial charge in [-0.2, -0.15) is 0 Å². The fourth-order valence-corrected chi connectivity index (χ4v) is 5.20. The molecule has 4 heteroatoms. The van der Waals surface area contributed by atoms with Crippen LogP contribution in [0.15, 0.2) is 158 Å². The zero-order valence-corrected chi connectivity index (χ0v) is 25.7. The van der Waals surface area contributed by atoms with Crippen molar-refractivity contribution in [3.63, 3.8) is 0 Å². The van der Waals surface area contributed by atoms with Gasteiger partial charge in [-0.05, 0) is 44.5 Å². The van der Waals surface area contributed by atoms with Crippen LogP contribution >= 0.6 is 0 Å². The van der Waals surface area contributed by atoms with Gasteiger partial charge in [-0.3, -0.25) is 14.4 Å². The highest BCUT2D eigenvalue weighted by molar-refractivity contribution is 6.49. The second-order valence-electron chi connectivity index (χ2n) is 11.2. The number of hydrogen-bond acceptors (Lipinski definition) is 4. The van der Waals surface area contributed by atoms with Gasteiger partial charge in [0, 0.05) is 11.1 Å². The number of esters is 1. The highest BCUT2D eigenvalue weighted by atomic mass is 16.5. The second kappa shape index (κ2) is 14.8. The molecular weight excluding hydrogens is 580 g/mol. The van der Waals surface area contributed by atoms with Crippen molar-refractivity contribution < 1.29 is 19.1 Å².